The fourth-order valence-corrected chi connectivity index (χ4v) is 7.93. The van der Waals surface area contributed by atoms with Gasteiger partial charge in [-0.05, 0) is 67.6 Å². The number of piperidine rings is 2. The quantitative estimate of drug-likeness (QED) is 0.226. The van der Waals surface area contributed by atoms with Crippen molar-refractivity contribution in [3.05, 3.63) is 93.2 Å². The predicted octanol–water partition coefficient (Wildman–Crippen LogP) is 2.00. The Morgan fingerprint density at radius 2 is 1.67 bits per heavy atom. The van der Waals surface area contributed by atoms with Crippen LogP contribution in [0.1, 0.15) is 74.9 Å². The minimum Gasteiger partial charge on any atom is -0.371 e. The van der Waals surface area contributed by atoms with E-state index in [0.717, 1.165) is 65.5 Å². The van der Waals surface area contributed by atoms with E-state index >= 15 is 0 Å². The molecule has 0 aliphatic carbocycles. The van der Waals surface area contributed by atoms with Gasteiger partial charge in [0.1, 0.15) is 11.7 Å². The van der Waals surface area contributed by atoms with Crippen LogP contribution in [0.4, 0.5) is 11.4 Å². The maximum atomic E-state index is 13.6. The van der Waals surface area contributed by atoms with Crippen molar-refractivity contribution in [2.75, 3.05) is 49.1 Å². The number of nitrogens with one attached hydrogen (secondary N) is 3. The van der Waals surface area contributed by atoms with Crippen LogP contribution in [-0.4, -0.2) is 106 Å². The number of pyridine rings is 3. The number of carbonyl (C=O) groups excluding carboxylic acids is 5. The lowest BCUT2D eigenvalue weighted by Crippen LogP contribution is -2.54. The molecule has 3 saturated heterocycles. The molecule has 278 valence electrons. The van der Waals surface area contributed by atoms with Crippen LogP contribution in [0.25, 0.3) is 11.0 Å². The number of rotatable bonds is 8. The van der Waals surface area contributed by atoms with Crippen LogP contribution in [0.2, 0.25) is 0 Å². The van der Waals surface area contributed by atoms with E-state index in [0.29, 0.717) is 43.7 Å². The van der Waals surface area contributed by atoms with Crippen molar-refractivity contribution in [3.8, 4) is 0 Å². The molecule has 4 aliphatic heterocycles. The molecule has 5 amide bonds. The number of amides is 5. The van der Waals surface area contributed by atoms with Crippen molar-refractivity contribution in [3.63, 3.8) is 0 Å². The van der Waals surface area contributed by atoms with Gasteiger partial charge >= 0.3 is 0 Å². The van der Waals surface area contributed by atoms with E-state index < -0.39 is 29.7 Å². The molecule has 15 heteroatoms. The van der Waals surface area contributed by atoms with E-state index in [4.69, 9.17) is 0 Å². The van der Waals surface area contributed by atoms with Gasteiger partial charge in [0.05, 0.1) is 39.7 Å². The van der Waals surface area contributed by atoms with Gasteiger partial charge in [-0.25, -0.2) is 4.98 Å². The Labute approximate surface area is 310 Å². The first-order valence-electron chi connectivity index (χ1n) is 18.5. The molecule has 0 spiro atoms. The van der Waals surface area contributed by atoms with Gasteiger partial charge in [0.2, 0.25) is 11.8 Å². The highest BCUT2D eigenvalue weighted by molar-refractivity contribution is 6.25. The number of imide groups is 2. The average Bonchev–Trinajstić information content (AvgIpc) is 3.44. The molecule has 1 atom stereocenters. The second-order valence-electron chi connectivity index (χ2n) is 14.3. The third kappa shape index (κ3) is 6.70. The topological polar surface area (TPSA) is 181 Å². The second kappa shape index (κ2) is 14.5. The normalized spacial score (nSPS) is 19.7. The van der Waals surface area contributed by atoms with Gasteiger partial charge in [-0.3, -0.25) is 48.9 Å². The molecule has 3 fully saturated rings. The zero-order valence-electron chi connectivity index (χ0n) is 30.0. The molecule has 0 unspecified atom stereocenters. The van der Waals surface area contributed by atoms with Crippen molar-refractivity contribution >= 4 is 51.9 Å². The summed E-state index contributed by atoms with van der Waals surface area (Å²) in [5, 5.41) is 5.34. The van der Waals surface area contributed by atoms with Crippen LogP contribution in [0.5, 0.6) is 0 Å². The summed E-state index contributed by atoms with van der Waals surface area (Å²) in [6.45, 7) is 7.10. The number of nitrogens with zero attached hydrogens (tertiary/aromatic N) is 6. The Bertz CT molecular complexity index is 2220. The van der Waals surface area contributed by atoms with Crippen LogP contribution in [0, 0.1) is 0 Å². The highest BCUT2D eigenvalue weighted by atomic mass is 16.2. The lowest BCUT2D eigenvalue weighted by molar-refractivity contribution is -0.136. The van der Waals surface area contributed by atoms with E-state index in [1.807, 2.05) is 36.2 Å². The first-order chi connectivity index (χ1) is 26.2. The monoisotopic (exact) mass is 731 g/mol. The molecular formula is C39H41N9O6. The Kier molecular flexibility index (Phi) is 9.40. The summed E-state index contributed by atoms with van der Waals surface area (Å²) < 4.78 is 0. The average molecular weight is 732 g/mol. The van der Waals surface area contributed by atoms with Gasteiger partial charge in [-0.15, -0.1) is 0 Å². The molecule has 7 heterocycles. The summed E-state index contributed by atoms with van der Waals surface area (Å²) in [4.78, 5) is 96.1. The predicted molar refractivity (Wildman–Crippen MR) is 199 cm³/mol. The smallest absolute Gasteiger partial charge is 0.270 e. The molecule has 54 heavy (non-hydrogen) atoms. The number of fused-ring (bicyclic) bond motifs is 2. The SMILES string of the molecule is CCc1cc2ncc(CN3CCN(c4ccc(C(=O)NC5CCN(c6cccc7c6C(=O)N([C@@H]6CCC(=O)NC6=O)C7=O)CC5)nc4)CC3)cc2[nH]c1=O. The fraction of sp³-hybridized carbons (Fsp3) is 0.385. The number of anilines is 2. The Morgan fingerprint density at radius 3 is 2.39 bits per heavy atom. The summed E-state index contributed by atoms with van der Waals surface area (Å²) >= 11 is 0. The third-order valence-electron chi connectivity index (χ3n) is 10.9. The van der Waals surface area contributed by atoms with Gasteiger partial charge in [-0.1, -0.05) is 13.0 Å². The number of H-pyrrole nitrogens is 1. The van der Waals surface area contributed by atoms with Crippen LogP contribution in [-0.2, 0) is 22.6 Å². The number of piperazine rings is 1. The van der Waals surface area contributed by atoms with E-state index in [1.165, 1.54) is 0 Å². The number of hydrogen-bond donors (Lipinski definition) is 3. The Hall–Kier alpha value is -5.96. The van der Waals surface area contributed by atoms with Crippen LogP contribution in [0.15, 0.2) is 59.7 Å². The first-order valence-corrected chi connectivity index (χ1v) is 18.5. The molecular weight excluding hydrogens is 690 g/mol. The molecule has 0 radical (unpaired) electrons. The fourth-order valence-electron chi connectivity index (χ4n) is 7.93. The first kappa shape index (κ1) is 35.1. The van der Waals surface area contributed by atoms with Gasteiger partial charge < -0.3 is 20.1 Å². The molecule has 15 nitrogen and oxygen atoms in total. The number of carbonyl (C=O) groups is 5. The van der Waals surface area contributed by atoms with Gasteiger partial charge in [-0.2, -0.15) is 0 Å². The molecule has 3 N–H and O–H groups in total. The largest absolute Gasteiger partial charge is 0.371 e. The molecule has 0 bridgehead atoms. The summed E-state index contributed by atoms with van der Waals surface area (Å²) in [7, 11) is 0. The molecule has 8 rings (SSSR count). The van der Waals surface area contributed by atoms with Crippen molar-refractivity contribution < 1.29 is 24.0 Å². The molecule has 4 aliphatic rings. The minimum absolute atomic E-state index is 0.0611. The number of aryl methyl sites for hydroxylation is 1. The zero-order valence-corrected chi connectivity index (χ0v) is 30.0. The van der Waals surface area contributed by atoms with Crippen molar-refractivity contribution in [2.24, 2.45) is 0 Å². The van der Waals surface area contributed by atoms with Gasteiger partial charge in [0.15, 0.2) is 0 Å². The molecule has 3 aromatic heterocycles. The molecule has 0 saturated carbocycles. The van der Waals surface area contributed by atoms with Gasteiger partial charge in [0.25, 0.3) is 23.3 Å². The highest BCUT2D eigenvalue weighted by Gasteiger charge is 2.46. The number of benzene rings is 1. The summed E-state index contributed by atoms with van der Waals surface area (Å²) in [5.74, 6) is -2.37. The summed E-state index contributed by atoms with van der Waals surface area (Å²) in [6.07, 6.45) is 5.71. The standard InChI is InChI=1S/C39H41N9O6/c1-2-24-19-29-30(43-35(24)50)18-23(20-40-29)22-45-14-16-46(17-15-45)26-6-7-28(41-21-26)36(51)42-25-10-12-47(13-11-25)31-5-3-4-27-34(31)39(54)48(38(27)53)32-8-9-33(49)44-37(32)52/h3-7,18-21,25,32H,2,8-17,22H2,1H3,(H,42,51)(H,43,50)(H,44,49,52)/t32-/m1/s1. The molecule has 4 aromatic rings. The van der Waals surface area contributed by atoms with E-state index in [9.17, 15) is 28.8 Å². The maximum Gasteiger partial charge on any atom is 0.270 e. The lowest BCUT2D eigenvalue weighted by Gasteiger charge is -2.36. The number of aromatic nitrogens is 3. The van der Waals surface area contributed by atoms with E-state index in [2.05, 4.69) is 35.4 Å². The van der Waals surface area contributed by atoms with Gasteiger partial charge in [0, 0.05) is 70.0 Å². The maximum absolute atomic E-state index is 13.6. The van der Waals surface area contributed by atoms with E-state index in [1.54, 1.807) is 30.5 Å². The number of hydrogen-bond acceptors (Lipinski definition) is 11. The second-order valence-corrected chi connectivity index (χ2v) is 14.3. The van der Waals surface area contributed by atoms with Crippen LogP contribution in [0.3, 0.4) is 0 Å². The zero-order chi connectivity index (χ0) is 37.5. The van der Waals surface area contributed by atoms with Crippen molar-refractivity contribution in [1.29, 1.82) is 0 Å². The van der Waals surface area contributed by atoms with Crippen molar-refractivity contribution in [2.45, 2.75) is 57.7 Å². The lowest BCUT2D eigenvalue weighted by atomic mass is 10.0. The third-order valence-corrected chi connectivity index (χ3v) is 10.9. The summed E-state index contributed by atoms with van der Waals surface area (Å²) in [5.41, 5.74) is 5.70. The van der Waals surface area contributed by atoms with Crippen LogP contribution < -0.4 is 26.0 Å². The summed E-state index contributed by atoms with van der Waals surface area (Å²) in [6, 6.07) is 11.6. The Morgan fingerprint density at radius 1 is 0.870 bits per heavy atom. The van der Waals surface area contributed by atoms with E-state index in [-0.39, 0.29) is 41.5 Å². The highest BCUT2D eigenvalue weighted by Crippen LogP contribution is 2.35. The van der Waals surface area contributed by atoms with Crippen molar-refractivity contribution in [1.82, 2.24) is 35.4 Å². The number of aromatic amines is 1. The van der Waals surface area contributed by atoms with Crippen LogP contribution >= 0.6 is 0 Å². The molecule has 1 aromatic carbocycles. The Balaban J connectivity index is 0.826. The minimum atomic E-state index is -1.02.